The zero-order valence-corrected chi connectivity index (χ0v) is 13.9. The Morgan fingerprint density at radius 1 is 1.08 bits per heavy atom. The maximum atomic E-state index is 12.1. The van der Waals surface area contributed by atoms with E-state index in [1.165, 1.54) is 5.56 Å². The van der Waals surface area contributed by atoms with Gasteiger partial charge in [-0.25, -0.2) is 4.79 Å². The van der Waals surface area contributed by atoms with Crippen molar-refractivity contribution in [2.24, 2.45) is 0 Å². The number of nitrogens with zero attached hydrogens (tertiary/aromatic N) is 1. The molecule has 0 aromatic heterocycles. The molecular formula is C19H21N3O2. The summed E-state index contributed by atoms with van der Waals surface area (Å²) in [5.74, 6) is -0.312. The lowest BCUT2D eigenvalue weighted by Gasteiger charge is -2.18. The third-order valence-electron chi connectivity index (χ3n) is 4.34. The average molecular weight is 323 g/mol. The molecule has 0 saturated carbocycles. The first-order chi connectivity index (χ1) is 11.5. The minimum Gasteiger partial charge on any atom is -0.362 e. The molecule has 24 heavy (non-hydrogen) atoms. The van der Waals surface area contributed by atoms with E-state index in [1.807, 2.05) is 55.1 Å². The number of anilines is 2. The molecule has 3 rings (SSSR count). The molecule has 0 fully saturated rings. The summed E-state index contributed by atoms with van der Waals surface area (Å²) in [6.07, 6.45) is 0.929. The highest BCUT2D eigenvalue weighted by atomic mass is 16.2. The van der Waals surface area contributed by atoms with Gasteiger partial charge in [0.1, 0.15) is 0 Å². The van der Waals surface area contributed by atoms with Gasteiger partial charge in [0, 0.05) is 17.9 Å². The van der Waals surface area contributed by atoms with Gasteiger partial charge in [0.15, 0.2) is 0 Å². The third-order valence-corrected chi connectivity index (χ3v) is 4.34. The van der Waals surface area contributed by atoms with Crippen molar-refractivity contribution in [1.29, 1.82) is 0 Å². The molecule has 0 atom stereocenters. The first kappa shape index (κ1) is 16.1. The number of carbonyl (C=O) groups is 2. The van der Waals surface area contributed by atoms with Crippen LogP contribution in [0, 0.1) is 13.8 Å². The van der Waals surface area contributed by atoms with Gasteiger partial charge in [-0.05, 0) is 55.2 Å². The monoisotopic (exact) mass is 323 g/mol. The van der Waals surface area contributed by atoms with Crippen molar-refractivity contribution >= 4 is 23.3 Å². The van der Waals surface area contributed by atoms with Crippen LogP contribution in [0.2, 0.25) is 0 Å². The summed E-state index contributed by atoms with van der Waals surface area (Å²) < 4.78 is 0. The number of hydrogen-bond donors (Lipinski definition) is 2. The van der Waals surface area contributed by atoms with Crippen molar-refractivity contribution < 1.29 is 9.59 Å². The normalized spacial score (nSPS) is 12.7. The van der Waals surface area contributed by atoms with Gasteiger partial charge in [-0.1, -0.05) is 24.3 Å². The molecular weight excluding hydrogens is 302 g/mol. The van der Waals surface area contributed by atoms with Gasteiger partial charge in [-0.3, -0.25) is 10.1 Å². The maximum absolute atomic E-state index is 12.1. The van der Waals surface area contributed by atoms with Crippen LogP contribution in [0.15, 0.2) is 42.5 Å². The van der Waals surface area contributed by atoms with Crippen molar-refractivity contribution in [3.05, 3.63) is 59.2 Å². The molecule has 1 aliphatic heterocycles. The van der Waals surface area contributed by atoms with E-state index in [1.54, 1.807) is 0 Å². The molecule has 0 saturated heterocycles. The number of carbonyl (C=O) groups excluding carboxylic acids is 2. The second kappa shape index (κ2) is 6.74. The quantitative estimate of drug-likeness (QED) is 0.913. The maximum Gasteiger partial charge on any atom is 0.325 e. The molecule has 0 spiro atoms. The Balaban J connectivity index is 1.55. The second-order valence-corrected chi connectivity index (χ2v) is 6.10. The van der Waals surface area contributed by atoms with Crippen LogP contribution in [0.25, 0.3) is 0 Å². The fraction of sp³-hybridized carbons (Fsp3) is 0.263. The van der Waals surface area contributed by atoms with Crippen LogP contribution in [-0.2, 0) is 11.2 Å². The van der Waals surface area contributed by atoms with Gasteiger partial charge in [0.2, 0.25) is 5.91 Å². The number of rotatable bonds is 3. The molecule has 5 heteroatoms. The van der Waals surface area contributed by atoms with E-state index in [0.717, 1.165) is 29.8 Å². The van der Waals surface area contributed by atoms with E-state index in [0.29, 0.717) is 5.69 Å². The predicted octanol–water partition coefficient (Wildman–Crippen LogP) is 3.01. The van der Waals surface area contributed by atoms with Crippen LogP contribution >= 0.6 is 0 Å². The molecule has 0 aliphatic carbocycles. The number of hydrogen-bond acceptors (Lipinski definition) is 3. The summed E-state index contributed by atoms with van der Waals surface area (Å²) in [5, 5.41) is 5.09. The molecule has 2 aromatic carbocycles. The Labute approximate surface area is 141 Å². The minimum absolute atomic E-state index is 0.178. The minimum atomic E-state index is -0.504. The fourth-order valence-electron chi connectivity index (χ4n) is 2.89. The lowest BCUT2D eigenvalue weighted by atomic mass is 10.1. The molecule has 124 valence electrons. The van der Waals surface area contributed by atoms with Crippen LogP contribution in [0.4, 0.5) is 16.2 Å². The first-order valence-electron chi connectivity index (χ1n) is 8.04. The van der Waals surface area contributed by atoms with Gasteiger partial charge in [0.05, 0.1) is 6.54 Å². The molecule has 5 nitrogen and oxygen atoms in total. The van der Waals surface area contributed by atoms with Crippen molar-refractivity contribution in [2.75, 3.05) is 23.3 Å². The number of fused-ring (bicyclic) bond motifs is 1. The fourth-order valence-corrected chi connectivity index (χ4v) is 2.89. The number of para-hydroxylation sites is 1. The third kappa shape index (κ3) is 3.56. The van der Waals surface area contributed by atoms with E-state index in [2.05, 4.69) is 16.7 Å². The predicted molar refractivity (Wildman–Crippen MR) is 95.4 cm³/mol. The van der Waals surface area contributed by atoms with Gasteiger partial charge >= 0.3 is 6.03 Å². The van der Waals surface area contributed by atoms with E-state index < -0.39 is 6.03 Å². The molecule has 1 aliphatic rings. The summed E-state index contributed by atoms with van der Waals surface area (Å²) in [6, 6.07) is 13.2. The zero-order chi connectivity index (χ0) is 17.1. The van der Waals surface area contributed by atoms with Crippen LogP contribution < -0.4 is 15.5 Å². The van der Waals surface area contributed by atoms with Gasteiger partial charge < -0.3 is 10.2 Å². The molecule has 3 amide bonds. The summed E-state index contributed by atoms with van der Waals surface area (Å²) in [7, 11) is 0. The second-order valence-electron chi connectivity index (χ2n) is 6.10. The SMILES string of the molecule is Cc1ccc(NC(=O)NC(=O)CN2CCc3ccccc32)cc1C. The molecule has 2 aromatic rings. The Morgan fingerprint density at radius 3 is 2.67 bits per heavy atom. The zero-order valence-electron chi connectivity index (χ0n) is 13.9. The smallest absolute Gasteiger partial charge is 0.325 e. The summed E-state index contributed by atoms with van der Waals surface area (Å²) in [6.45, 7) is 4.97. The number of benzene rings is 2. The van der Waals surface area contributed by atoms with Gasteiger partial charge in [-0.2, -0.15) is 0 Å². The van der Waals surface area contributed by atoms with Crippen LogP contribution in [0.3, 0.4) is 0 Å². The Bertz CT molecular complexity index is 786. The summed E-state index contributed by atoms with van der Waals surface area (Å²) in [5.41, 5.74) is 5.24. The van der Waals surface area contributed by atoms with E-state index in [-0.39, 0.29) is 12.5 Å². The number of urea groups is 1. The Morgan fingerprint density at radius 2 is 1.88 bits per heavy atom. The van der Waals surface area contributed by atoms with Crippen molar-refractivity contribution in [3.63, 3.8) is 0 Å². The molecule has 1 heterocycles. The van der Waals surface area contributed by atoms with Gasteiger partial charge in [-0.15, -0.1) is 0 Å². The molecule has 2 N–H and O–H groups in total. The highest BCUT2D eigenvalue weighted by molar-refractivity contribution is 6.02. The van der Waals surface area contributed by atoms with Crippen LogP contribution in [-0.4, -0.2) is 25.0 Å². The topological polar surface area (TPSA) is 61.4 Å². The largest absolute Gasteiger partial charge is 0.362 e. The highest BCUT2D eigenvalue weighted by Crippen LogP contribution is 2.26. The van der Waals surface area contributed by atoms with Crippen LogP contribution in [0.5, 0.6) is 0 Å². The summed E-state index contributed by atoms with van der Waals surface area (Å²) >= 11 is 0. The van der Waals surface area contributed by atoms with E-state index >= 15 is 0 Å². The lowest BCUT2D eigenvalue weighted by molar-refractivity contribution is -0.118. The van der Waals surface area contributed by atoms with Crippen molar-refractivity contribution in [2.45, 2.75) is 20.3 Å². The first-order valence-corrected chi connectivity index (χ1v) is 8.04. The highest BCUT2D eigenvalue weighted by Gasteiger charge is 2.21. The number of imide groups is 1. The Kier molecular flexibility index (Phi) is 4.51. The van der Waals surface area contributed by atoms with Crippen molar-refractivity contribution in [3.8, 4) is 0 Å². The van der Waals surface area contributed by atoms with Crippen molar-refractivity contribution in [1.82, 2.24) is 5.32 Å². The van der Waals surface area contributed by atoms with Gasteiger partial charge in [0.25, 0.3) is 0 Å². The molecule has 0 bridgehead atoms. The standard InChI is InChI=1S/C19H21N3O2/c1-13-7-8-16(11-14(13)2)20-19(24)21-18(23)12-22-10-9-15-5-3-4-6-17(15)22/h3-8,11H,9-10,12H2,1-2H3,(H2,20,21,23,24). The van der Waals surface area contributed by atoms with Crippen LogP contribution in [0.1, 0.15) is 16.7 Å². The Hall–Kier alpha value is -2.82. The number of nitrogens with one attached hydrogen (secondary N) is 2. The average Bonchev–Trinajstić information content (AvgIpc) is 2.94. The molecule has 0 radical (unpaired) electrons. The van der Waals surface area contributed by atoms with E-state index in [9.17, 15) is 9.59 Å². The van der Waals surface area contributed by atoms with E-state index in [4.69, 9.17) is 0 Å². The number of aryl methyl sites for hydroxylation is 2. The molecule has 0 unspecified atom stereocenters. The summed E-state index contributed by atoms with van der Waals surface area (Å²) in [4.78, 5) is 26.1. The number of amides is 3. The lowest BCUT2D eigenvalue weighted by Crippen LogP contribution is -2.41.